The van der Waals surface area contributed by atoms with Gasteiger partial charge in [0.15, 0.2) is 0 Å². The molecule has 2 bridgehead atoms. The maximum atomic E-state index is 10.5. The van der Waals surface area contributed by atoms with E-state index in [1.54, 1.807) is 0 Å². The molecule has 4 rings (SSSR count). The highest BCUT2D eigenvalue weighted by molar-refractivity contribution is 6.17. The quantitative estimate of drug-likeness (QED) is 0.309. The van der Waals surface area contributed by atoms with E-state index in [1.165, 1.54) is 43.1 Å². The van der Waals surface area contributed by atoms with Crippen LogP contribution in [0.1, 0.15) is 56.1 Å². The number of rotatable bonds is 8. The average molecular weight is 502 g/mol. The van der Waals surface area contributed by atoms with Gasteiger partial charge in [0.1, 0.15) is 5.41 Å². The first-order valence-electron chi connectivity index (χ1n) is 11.6. The number of alkyl halides is 1. The topological polar surface area (TPSA) is 23.8 Å². The summed E-state index contributed by atoms with van der Waals surface area (Å²) in [7, 11) is 2.48. The number of piperidine rings is 1. The van der Waals surface area contributed by atoms with Crippen LogP contribution in [0.4, 0.5) is 0 Å². The van der Waals surface area contributed by atoms with E-state index < -0.39 is 5.41 Å². The minimum Gasteiger partial charge on any atom is -1.00 e. The third-order valence-corrected chi connectivity index (χ3v) is 8.32. The first kappa shape index (κ1) is 24.3. The van der Waals surface area contributed by atoms with Crippen molar-refractivity contribution in [2.75, 3.05) is 19.5 Å². The van der Waals surface area contributed by atoms with Gasteiger partial charge in [-0.25, -0.2) is 0 Å². The first-order valence-corrected chi connectivity index (χ1v) is 12.1. The Morgan fingerprint density at radius 2 is 1.45 bits per heavy atom. The molecule has 1 unspecified atom stereocenters. The molecule has 4 atom stereocenters. The molecule has 0 N–H and O–H groups in total. The fourth-order valence-corrected chi connectivity index (χ4v) is 6.58. The number of hydrogen-bond acceptors (Lipinski definition) is 1. The van der Waals surface area contributed by atoms with Crippen LogP contribution in [0.3, 0.4) is 0 Å². The lowest BCUT2D eigenvalue weighted by Crippen LogP contribution is -3.00. The molecule has 0 saturated carbocycles. The average Bonchev–Trinajstić information content (AvgIpc) is 2.95. The van der Waals surface area contributed by atoms with Crippen LogP contribution in [0.25, 0.3) is 0 Å². The molecule has 2 aliphatic heterocycles. The van der Waals surface area contributed by atoms with E-state index in [0.717, 1.165) is 41.9 Å². The van der Waals surface area contributed by atoms with Gasteiger partial charge in [-0.15, -0.1) is 11.6 Å². The van der Waals surface area contributed by atoms with Crippen LogP contribution in [0, 0.1) is 17.2 Å². The van der Waals surface area contributed by atoms with Crippen LogP contribution in [0.2, 0.25) is 0 Å². The van der Waals surface area contributed by atoms with Crippen LogP contribution >= 0.6 is 11.6 Å². The number of unbranched alkanes of at least 4 members (excludes halogenated alkanes) is 1. The highest BCUT2D eigenvalue weighted by Crippen LogP contribution is 2.48. The van der Waals surface area contributed by atoms with Crippen molar-refractivity contribution in [1.82, 2.24) is 0 Å². The fourth-order valence-electron chi connectivity index (χ4n) is 6.39. The molecule has 2 heterocycles. The Kier molecular flexibility index (Phi) is 8.25. The molecular weight excluding hydrogens is 468 g/mol. The smallest absolute Gasteiger partial charge is 0.107 e. The van der Waals surface area contributed by atoms with E-state index in [-0.39, 0.29) is 17.0 Å². The van der Waals surface area contributed by atoms with Gasteiger partial charge in [-0.3, -0.25) is 0 Å². The minimum absolute atomic E-state index is 0. The Balaban J connectivity index is 0.00000272. The second kappa shape index (κ2) is 10.5. The van der Waals surface area contributed by atoms with Crippen LogP contribution in [-0.4, -0.2) is 36.0 Å². The molecule has 2 aromatic carbocycles. The lowest BCUT2D eigenvalue weighted by atomic mass is 9.67. The number of nitrogens with zero attached hydrogens (tertiary/aromatic N) is 2. The SMILES string of the molecule is C[N+]1(CCCCCl)[C@@H]2CC[C@H]1C[C@@H](CC(C#N)(c1ccccc1)c1ccccc1)C2.[Br-]. The Bertz CT molecular complexity index is 810. The van der Waals surface area contributed by atoms with Gasteiger partial charge in [0.2, 0.25) is 0 Å². The Morgan fingerprint density at radius 1 is 0.935 bits per heavy atom. The third-order valence-electron chi connectivity index (χ3n) is 8.05. The number of nitriles is 1. The van der Waals surface area contributed by atoms with Gasteiger partial charge < -0.3 is 21.5 Å². The van der Waals surface area contributed by atoms with Crippen LogP contribution < -0.4 is 17.0 Å². The molecule has 2 saturated heterocycles. The van der Waals surface area contributed by atoms with Gasteiger partial charge in [0, 0.05) is 31.6 Å². The Morgan fingerprint density at radius 3 is 1.90 bits per heavy atom. The second-order valence-electron chi connectivity index (χ2n) is 9.64. The molecule has 2 fully saturated rings. The molecule has 166 valence electrons. The van der Waals surface area contributed by atoms with Crippen molar-refractivity contribution in [1.29, 1.82) is 5.26 Å². The number of quaternary nitrogens is 1. The maximum absolute atomic E-state index is 10.5. The van der Waals surface area contributed by atoms with Crippen molar-refractivity contribution in [3.05, 3.63) is 71.8 Å². The van der Waals surface area contributed by atoms with Crippen LogP contribution in [0.5, 0.6) is 0 Å². The van der Waals surface area contributed by atoms with Crippen molar-refractivity contribution in [2.45, 2.75) is 62.4 Å². The lowest BCUT2D eigenvalue weighted by molar-refractivity contribution is -0.949. The predicted octanol–water partition coefficient (Wildman–Crippen LogP) is 3.30. The standard InChI is InChI=1S/C27H34ClN2.BrH/c1-30(17-9-8-16-28)25-14-15-26(30)19-22(18-25)20-27(21-29,23-10-4-2-5-11-23)24-12-6-3-7-13-24;/h2-7,10-13,22,25-26H,8-9,14-20H2,1H3;1H/q+1;/p-1/t22-,25+,26-,30?;. The van der Waals surface area contributed by atoms with E-state index in [1.807, 2.05) is 12.1 Å². The molecule has 4 heteroatoms. The van der Waals surface area contributed by atoms with Gasteiger partial charge >= 0.3 is 0 Å². The molecule has 0 spiro atoms. The molecular formula is C27H34BrClN2. The Hall–Kier alpha value is -1.34. The summed E-state index contributed by atoms with van der Waals surface area (Å²) in [4.78, 5) is 0. The summed E-state index contributed by atoms with van der Waals surface area (Å²) in [6, 6.07) is 25.2. The summed E-state index contributed by atoms with van der Waals surface area (Å²) in [6.45, 7) is 1.26. The summed E-state index contributed by atoms with van der Waals surface area (Å²) in [5.41, 5.74) is 1.71. The number of hydrogen-bond donors (Lipinski definition) is 0. The highest BCUT2D eigenvalue weighted by atomic mass is 79.9. The van der Waals surface area contributed by atoms with E-state index in [4.69, 9.17) is 11.6 Å². The zero-order valence-electron chi connectivity index (χ0n) is 18.5. The molecule has 0 radical (unpaired) electrons. The molecule has 0 aliphatic carbocycles. The van der Waals surface area contributed by atoms with Gasteiger partial charge in [0.25, 0.3) is 0 Å². The first-order chi connectivity index (χ1) is 14.6. The zero-order chi connectivity index (χ0) is 21.0. The number of benzene rings is 2. The molecule has 2 aromatic rings. The monoisotopic (exact) mass is 500 g/mol. The lowest BCUT2D eigenvalue weighted by Gasteiger charge is -2.48. The molecule has 2 aliphatic rings. The molecule has 31 heavy (non-hydrogen) atoms. The fraction of sp³-hybridized carbons (Fsp3) is 0.519. The van der Waals surface area contributed by atoms with Gasteiger partial charge in [0.05, 0.1) is 31.7 Å². The van der Waals surface area contributed by atoms with Gasteiger partial charge in [-0.1, -0.05) is 60.7 Å². The molecule has 0 amide bonds. The molecule has 0 aromatic heterocycles. The van der Waals surface area contributed by atoms with E-state index in [9.17, 15) is 5.26 Å². The van der Waals surface area contributed by atoms with E-state index >= 15 is 0 Å². The summed E-state index contributed by atoms with van der Waals surface area (Å²) >= 11 is 5.94. The largest absolute Gasteiger partial charge is 1.00 e. The van der Waals surface area contributed by atoms with E-state index in [2.05, 4.69) is 61.6 Å². The summed E-state index contributed by atoms with van der Waals surface area (Å²) in [5, 5.41) is 10.5. The molecule has 2 nitrogen and oxygen atoms in total. The van der Waals surface area contributed by atoms with Crippen LogP contribution in [-0.2, 0) is 5.41 Å². The maximum Gasteiger partial charge on any atom is 0.107 e. The number of halogens is 2. The Labute approximate surface area is 203 Å². The number of fused-ring (bicyclic) bond motifs is 2. The van der Waals surface area contributed by atoms with Gasteiger partial charge in [-0.05, 0) is 36.3 Å². The van der Waals surface area contributed by atoms with Crippen LogP contribution in [0.15, 0.2) is 60.7 Å². The highest BCUT2D eigenvalue weighted by Gasteiger charge is 2.52. The van der Waals surface area contributed by atoms with Crippen molar-refractivity contribution in [3.8, 4) is 6.07 Å². The minimum atomic E-state index is -0.564. The summed E-state index contributed by atoms with van der Waals surface area (Å²) in [5.74, 6) is 1.37. The van der Waals surface area contributed by atoms with Crippen molar-refractivity contribution in [3.63, 3.8) is 0 Å². The van der Waals surface area contributed by atoms with Gasteiger partial charge in [-0.2, -0.15) is 5.26 Å². The predicted molar refractivity (Wildman–Crippen MR) is 124 cm³/mol. The van der Waals surface area contributed by atoms with E-state index in [0.29, 0.717) is 5.92 Å². The summed E-state index contributed by atoms with van der Waals surface area (Å²) < 4.78 is 1.24. The third kappa shape index (κ3) is 4.72. The second-order valence-corrected chi connectivity index (χ2v) is 10.0. The van der Waals surface area contributed by atoms with Crippen molar-refractivity contribution >= 4 is 11.6 Å². The normalized spacial score (nSPS) is 27.3. The zero-order valence-corrected chi connectivity index (χ0v) is 20.9. The van der Waals surface area contributed by atoms with Crippen molar-refractivity contribution in [2.24, 2.45) is 5.92 Å². The van der Waals surface area contributed by atoms with Crippen molar-refractivity contribution < 1.29 is 21.5 Å². The summed E-state index contributed by atoms with van der Waals surface area (Å²) in [6.07, 6.45) is 8.45.